The van der Waals surface area contributed by atoms with Gasteiger partial charge in [0.2, 0.25) is 0 Å². The number of nitro benzene ring substituents is 1. The van der Waals surface area contributed by atoms with Gasteiger partial charge in [-0.1, -0.05) is 66.7 Å². The molecule has 10 heteroatoms. The van der Waals surface area contributed by atoms with Crippen molar-refractivity contribution in [2.24, 2.45) is 0 Å². The van der Waals surface area contributed by atoms with Crippen molar-refractivity contribution in [1.29, 1.82) is 0 Å². The Morgan fingerprint density at radius 2 is 1.53 bits per heavy atom. The molecular weight excluding hydrogens is 449 g/mol. The average Bonchev–Trinajstić information content (AvgIpc) is 2.80. The largest absolute Gasteiger partial charge is 0.401 e. The summed E-state index contributed by atoms with van der Waals surface area (Å²) in [6, 6.07) is 21.3. The normalized spacial score (nSPS) is 11.8. The van der Waals surface area contributed by atoms with Gasteiger partial charge in [0.1, 0.15) is 0 Å². The van der Waals surface area contributed by atoms with E-state index in [1.165, 1.54) is 24.3 Å². The molecule has 0 spiro atoms. The number of alkyl halides is 3. The molecule has 0 radical (unpaired) electrons. The van der Waals surface area contributed by atoms with Crippen molar-refractivity contribution in [2.45, 2.75) is 19.4 Å². The molecule has 0 saturated carbocycles. The minimum absolute atomic E-state index is 0.105. The first-order valence-electron chi connectivity index (χ1n) is 10.3. The van der Waals surface area contributed by atoms with E-state index in [4.69, 9.17) is 0 Å². The van der Waals surface area contributed by atoms with Gasteiger partial charge in [0, 0.05) is 29.1 Å². The number of nitro groups is 1. The van der Waals surface area contributed by atoms with Crippen molar-refractivity contribution >= 4 is 16.5 Å². The molecule has 0 atom stereocenters. The molecule has 0 fully saturated rings. The van der Waals surface area contributed by atoms with Gasteiger partial charge in [-0.2, -0.15) is 18.3 Å². The summed E-state index contributed by atoms with van der Waals surface area (Å²) in [6.45, 7) is -2.27. The minimum Gasteiger partial charge on any atom is -0.271 e. The van der Waals surface area contributed by atoms with Gasteiger partial charge >= 0.3 is 6.18 Å². The van der Waals surface area contributed by atoms with E-state index in [9.17, 15) is 28.1 Å². The third-order valence-corrected chi connectivity index (χ3v) is 5.23. The first-order valence-corrected chi connectivity index (χ1v) is 10.3. The van der Waals surface area contributed by atoms with Crippen LogP contribution in [0.25, 0.3) is 22.0 Å². The molecule has 0 unspecified atom stereocenters. The van der Waals surface area contributed by atoms with E-state index in [-0.39, 0.29) is 11.3 Å². The van der Waals surface area contributed by atoms with Crippen LogP contribution in [0.15, 0.2) is 83.7 Å². The van der Waals surface area contributed by atoms with Gasteiger partial charge in [-0.15, -0.1) is 0 Å². The van der Waals surface area contributed by atoms with E-state index in [0.717, 1.165) is 9.58 Å². The van der Waals surface area contributed by atoms with Gasteiger partial charge < -0.3 is 0 Å². The summed E-state index contributed by atoms with van der Waals surface area (Å²) in [5, 5.41) is 16.6. The molecule has 0 bridgehead atoms. The van der Waals surface area contributed by atoms with Crippen LogP contribution >= 0.6 is 0 Å². The summed E-state index contributed by atoms with van der Waals surface area (Å²) >= 11 is 0. The Labute approximate surface area is 191 Å². The molecule has 34 heavy (non-hydrogen) atoms. The van der Waals surface area contributed by atoms with Gasteiger partial charge in [0.05, 0.1) is 29.2 Å². The van der Waals surface area contributed by atoms with E-state index in [1.807, 2.05) is 6.07 Å². The standard InChI is InChI=1S/C24H19F3N4O3/c25-24(26,27)15-29(14-18-10-4-7-13-21(18)31(33)34)16-30-23(32)20-12-6-5-11-19(20)22(28-30)17-8-2-1-3-9-17/h1-13H,14-16H2. The summed E-state index contributed by atoms with van der Waals surface area (Å²) in [5.41, 5.74) is 0.416. The lowest BCUT2D eigenvalue weighted by Gasteiger charge is -2.24. The van der Waals surface area contributed by atoms with Crippen molar-refractivity contribution in [3.63, 3.8) is 0 Å². The Kier molecular flexibility index (Phi) is 6.42. The SMILES string of the molecule is O=c1c2ccccc2c(-c2ccccc2)nn1CN(Cc1ccccc1[N+](=O)[O-])CC(F)(F)F. The summed E-state index contributed by atoms with van der Waals surface area (Å²) in [6.07, 6.45) is -4.59. The van der Waals surface area contributed by atoms with Crippen molar-refractivity contribution in [3.8, 4) is 11.3 Å². The Bertz CT molecular complexity index is 1390. The molecule has 4 aromatic rings. The van der Waals surface area contributed by atoms with Crippen LogP contribution in [0.4, 0.5) is 18.9 Å². The number of hydrogen-bond acceptors (Lipinski definition) is 5. The van der Waals surface area contributed by atoms with Crippen LogP contribution in [0, 0.1) is 10.1 Å². The Morgan fingerprint density at radius 3 is 2.21 bits per heavy atom. The smallest absolute Gasteiger partial charge is 0.271 e. The van der Waals surface area contributed by atoms with Crippen LogP contribution in [0.1, 0.15) is 5.56 Å². The Morgan fingerprint density at radius 1 is 0.912 bits per heavy atom. The summed E-state index contributed by atoms with van der Waals surface area (Å²) in [5.74, 6) is 0. The quantitative estimate of drug-likeness (QED) is 0.282. The van der Waals surface area contributed by atoms with E-state index < -0.39 is 36.4 Å². The number of fused-ring (bicyclic) bond motifs is 1. The zero-order valence-electron chi connectivity index (χ0n) is 17.8. The molecule has 0 aliphatic rings. The first-order chi connectivity index (χ1) is 16.2. The van der Waals surface area contributed by atoms with Gasteiger partial charge in [-0.25, -0.2) is 4.68 Å². The maximum atomic E-state index is 13.4. The summed E-state index contributed by atoms with van der Waals surface area (Å²) in [4.78, 5) is 24.7. The second kappa shape index (κ2) is 9.44. The minimum atomic E-state index is -4.59. The maximum absolute atomic E-state index is 13.4. The number of aromatic nitrogens is 2. The fraction of sp³-hybridized carbons (Fsp3) is 0.167. The molecule has 3 aromatic carbocycles. The lowest BCUT2D eigenvalue weighted by atomic mass is 10.1. The number of rotatable bonds is 7. The average molecular weight is 468 g/mol. The second-order valence-electron chi connectivity index (χ2n) is 7.69. The predicted octanol–water partition coefficient (Wildman–Crippen LogP) is 4.99. The molecular formula is C24H19F3N4O3. The Balaban J connectivity index is 1.79. The highest BCUT2D eigenvalue weighted by Gasteiger charge is 2.32. The molecule has 0 saturated heterocycles. The topological polar surface area (TPSA) is 81.3 Å². The Hall–Kier alpha value is -4.05. The highest BCUT2D eigenvalue weighted by atomic mass is 19.4. The molecule has 0 N–H and O–H groups in total. The molecule has 0 amide bonds. The number of para-hydroxylation sites is 1. The fourth-order valence-electron chi connectivity index (χ4n) is 3.80. The van der Waals surface area contributed by atoms with Crippen LogP contribution in [-0.2, 0) is 13.2 Å². The number of halogens is 3. The van der Waals surface area contributed by atoms with Crippen molar-refractivity contribution in [2.75, 3.05) is 6.54 Å². The number of hydrogen-bond donors (Lipinski definition) is 0. The lowest BCUT2D eigenvalue weighted by Crippen LogP contribution is -2.39. The molecule has 0 aliphatic carbocycles. The van der Waals surface area contributed by atoms with Crippen LogP contribution in [0.2, 0.25) is 0 Å². The van der Waals surface area contributed by atoms with Crippen LogP contribution in [-0.4, -0.2) is 32.3 Å². The highest BCUT2D eigenvalue weighted by molar-refractivity contribution is 5.93. The fourth-order valence-corrected chi connectivity index (χ4v) is 3.80. The second-order valence-corrected chi connectivity index (χ2v) is 7.69. The van der Waals surface area contributed by atoms with E-state index in [2.05, 4.69) is 5.10 Å². The lowest BCUT2D eigenvalue weighted by molar-refractivity contribution is -0.385. The van der Waals surface area contributed by atoms with Crippen molar-refractivity contribution in [3.05, 3.63) is 105 Å². The van der Waals surface area contributed by atoms with Crippen molar-refractivity contribution < 1.29 is 18.1 Å². The summed E-state index contributed by atoms with van der Waals surface area (Å²) in [7, 11) is 0. The molecule has 7 nitrogen and oxygen atoms in total. The van der Waals surface area contributed by atoms with E-state index >= 15 is 0 Å². The molecule has 1 aromatic heterocycles. The van der Waals surface area contributed by atoms with Gasteiger partial charge in [-0.3, -0.25) is 19.8 Å². The molecule has 0 aliphatic heterocycles. The third kappa shape index (κ3) is 5.12. The zero-order chi connectivity index (χ0) is 24.3. The molecule has 1 heterocycles. The van der Waals surface area contributed by atoms with Crippen LogP contribution in [0.3, 0.4) is 0 Å². The summed E-state index contributed by atoms with van der Waals surface area (Å²) < 4.78 is 41.1. The monoisotopic (exact) mass is 468 g/mol. The van der Waals surface area contributed by atoms with Crippen LogP contribution < -0.4 is 5.56 Å². The van der Waals surface area contributed by atoms with Crippen LogP contribution in [0.5, 0.6) is 0 Å². The zero-order valence-corrected chi connectivity index (χ0v) is 17.8. The third-order valence-electron chi connectivity index (χ3n) is 5.23. The number of nitrogens with zero attached hydrogens (tertiary/aromatic N) is 4. The predicted molar refractivity (Wildman–Crippen MR) is 121 cm³/mol. The number of benzene rings is 3. The van der Waals surface area contributed by atoms with Gasteiger partial charge in [-0.05, 0) is 6.07 Å². The molecule has 174 valence electrons. The van der Waals surface area contributed by atoms with Gasteiger partial charge in [0.15, 0.2) is 0 Å². The van der Waals surface area contributed by atoms with E-state index in [1.54, 1.807) is 48.5 Å². The first kappa shape index (κ1) is 23.1. The highest BCUT2D eigenvalue weighted by Crippen LogP contribution is 2.26. The maximum Gasteiger partial charge on any atom is 0.401 e. The molecule has 4 rings (SSSR count). The van der Waals surface area contributed by atoms with Crippen molar-refractivity contribution in [1.82, 2.24) is 14.7 Å². The van der Waals surface area contributed by atoms with Gasteiger partial charge in [0.25, 0.3) is 11.2 Å². The van der Waals surface area contributed by atoms with E-state index in [0.29, 0.717) is 22.0 Å².